The van der Waals surface area contributed by atoms with Gasteiger partial charge in [0.2, 0.25) is 0 Å². The van der Waals surface area contributed by atoms with E-state index in [-0.39, 0.29) is 17.1 Å². The Morgan fingerprint density at radius 2 is 1.90 bits per heavy atom. The molecule has 1 fully saturated rings. The topological polar surface area (TPSA) is 116 Å². The SMILES string of the molecule is C=C(C)C(=O)O[C@H]1[C@H]2C(=C)C(=O)O[C@@H]2C[C@@H](C)/C=C\C(=O)[C@](C)(O)[C@@H]1OC(=O)C(C)C. The Kier molecular flexibility index (Phi) is 7.26. The van der Waals surface area contributed by atoms with Crippen molar-refractivity contribution in [2.24, 2.45) is 17.8 Å². The molecule has 170 valence electrons. The van der Waals surface area contributed by atoms with Crippen molar-refractivity contribution < 1.29 is 38.5 Å². The first-order valence-corrected chi connectivity index (χ1v) is 10.2. The van der Waals surface area contributed by atoms with Gasteiger partial charge < -0.3 is 19.3 Å². The van der Waals surface area contributed by atoms with Gasteiger partial charge in [-0.15, -0.1) is 0 Å². The number of allylic oxidation sites excluding steroid dienone is 1. The van der Waals surface area contributed by atoms with Crippen molar-refractivity contribution in [2.75, 3.05) is 0 Å². The van der Waals surface area contributed by atoms with Crippen molar-refractivity contribution in [1.82, 2.24) is 0 Å². The minimum absolute atomic E-state index is 0.00936. The average Bonchev–Trinajstić information content (AvgIpc) is 2.94. The van der Waals surface area contributed by atoms with Crippen LogP contribution in [0.25, 0.3) is 0 Å². The van der Waals surface area contributed by atoms with Gasteiger partial charge in [0, 0.05) is 11.1 Å². The summed E-state index contributed by atoms with van der Waals surface area (Å²) < 4.78 is 16.6. The maximum Gasteiger partial charge on any atom is 0.334 e. The first-order valence-electron chi connectivity index (χ1n) is 10.2. The second-order valence-electron chi connectivity index (χ2n) is 8.74. The summed E-state index contributed by atoms with van der Waals surface area (Å²) >= 11 is 0. The Bertz CT molecular complexity index is 835. The summed E-state index contributed by atoms with van der Waals surface area (Å²) in [5, 5.41) is 11.2. The minimum Gasteiger partial charge on any atom is -0.458 e. The van der Waals surface area contributed by atoms with Crippen LogP contribution in [0.5, 0.6) is 0 Å². The standard InChI is InChI=1S/C23H30O8/c1-11(2)20(25)30-18-17-14(6)22(27)29-15(17)10-13(5)8-9-16(24)23(7,28)19(18)31-21(26)12(3)4/h8-9,12-13,15,17-19,28H,1,6,10H2,2-5,7H3/b9-8-/t13-,15+,17-,18-,19+,23-/m0/s1. The van der Waals surface area contributed by atoms with E-state index in [2.05, 4.69) is 13.2 Å². The zero-order chi connectivity index (χ0) is 23.7. The fourth-order valence-corrected chi connectivity index (χ4v) is 3.57. The van der Waals surface area contributed by atoms with Gasteiger partial charge in [-0.3, -0.25) is 9.59 Å². The van der Waals surface area contributed by atoms with Crippen molar-refractivity contribution >= 4 is 23.7 Å². The quantitative estimate of drug-likeness (QED) is 0.406. The van der Waals surface area contributed by atoms with Gasteiger partial charge in [-0.2, -0.15) is 0 Å². The van der Waals surface area contributed by atoms with Gasteiger partial charge in [-0.1, -0.05) is 40.0 Å². The molecule has 1 saturated heterocycles. The molecule has 8 heteroatoms. The number of aliphatic hydroxyl groups is 1. The minimum atomic E-state index is -2.26. The monoisotopic (exact) mass is 434 g/mol. The summed E-state index contributed by atoms with van der Waals surface area (Å²) in [6, 6.07) is 0. The molecule has 0 radical (unpaired) electrons. The van der Waals surface area contributed by atoms with Crippen LogP contribution in [-0.2, 0) is 33.4 Å². The van der Waals surface area contributed by atoms with Crippen LogP contribution in [-0.4, -0.2) is 52.7 Å². The van der Waals surface area contributed by atoms with E-state index in [9.17, 15) is 24.3 Å². The Labute approximate surface area is 181 Å². The highest BCUT2D eigenvalue weighted by atomic mass is 16.6. The van der Waals surface area contributed by atoms with Crippen molar-refractivity contribution in [3.05, 3.63) is 36.5 Å². The van der Waals surface area contributed by atoms with Crippen LogP contribution in [0.3, 0.4) is 0 Å². The number of hydrogen-bond donors (Lipinski definition) is 1. The molecule has 0 saturated carbocycles. The molecule has 0 bridgehead atoms. The Balaban J connectivity index is 2.69. The molecule has 1 aliphatic carbocycles. The van der Waals surface area contributed by atoms with Crippen LogP contribution in [0.2, 0.25) is 0 Å². The summed E-state index contributed by atoms with van der Waals surface area (Å²) in [6.45, 7) is 14.9. The number of rotatable bonds is 4. The van der Waals surface area contributed by atoms with Gasteiger partial charge in [0.05, 0.1) is 11.8 Å². The second-order valence-corrected chi connectivity index (χ2v) is 8.74. The average molecular weight is 434 g/mol. The van der Waals surface area contributed by atoms with Crippen molar-refractivity contribution in [3.63, 3.8) is 0 Å². The molecule has 6 atom stereocenters. The lowest BCUT2D eigenvalue weighted by Crippen LogP contribution is -2.58. The van der Waals surface area contributed by atoms with Gasteiger partial charge in [-0.25, -0.2) is 9.59 Å². The largest absolute Gasteiger partial charge is 0.458 e. The molecule has 0 amide bonds. The number of ether oxygens (including phenoxy) is 3. The second kappa shape index (κ2) is 9.18. The highest BCUT2D eigenvalue weighted by Gasteiger charge is 2.56. The van der Waals surface area contributed by atoms with Crippen molar-refractivity contribution in [2.45, 2.75) is 65.0 Å². The molecule has 8 nitrogen and oxygen atoms in total. The Hall–Kier alpha value is -2.74. The van der Waals surface area contributed by atoms with E-state index in [0.29, 0.717) is 6.42 Å². The van der Waals surface area contributed by atoms with E-state index in [1.54, 1.807) is 19.9 Å². The summed E-state index contributed by atoms with van der Waals surface area (Å²) in [4.78, 5) is 50.1. The molecule has 0 spiro atoms. The third-order valence-electron chi connectivity index (χ3n) is 5.52. The molecule has 1 heterocycles. The Morgan fingerprint density at radius 1 is 1.29 bits per heavy atom. The maximum absolute atomic E-state index is 12.9. The molecule has 1 aliphatic heterocycles. The van der Waals surface area contributed by atoms with Crippen LogP contribution in [0.15, 0.2) is 36.5 Å². The first-order chi connectivity index (χ1) is 14.3. The predicted octanol–water partition coefficient (Wildman–Crippen LogP) is 2.06. The summed E-state index contributed by atoms with van der Waals surface area (Å²) in [5.74, 6) is -4.67. The molecular weight excluding hydrogens is 404 g/mol. The highest BCUT2D eigenvalue weighted by Crippen LogP contribution is 2.40. The van der Waals surface area contributed by atoms with E-state index in [4.69, 9.17) is 14.2 Å². The number of hydrogen-bond acceptors (Lipinski definition) is 8. The lowest BCUT2D eigenvalue weighted by molar-refractivity contribution is -0.197. The molecule has 0 aromatic heterocycles. The molecular formula is C23H30O8. The third-order valence-corrected chi connectivity index (χ3v) is 5.52. The number of fused-ring (bicyclic) bond motifs is 1. The lowest BCUT2D eigenvalue weighted by atomic mass is 9.77. The van der Waals surface area contributed by atoms with Gasteiger partial charge in [0.15, 0.2) is 23.6 Å². The molecule has 0 unspecified atom stereocenters. The van der Waals surface area contributed by atoms with Crippen LogP contribution in [0.1, 0.15) is 41.0 Å². The van der Waals surface area contributed by atoms with Crippen molar-refractivity contribution in [3.8, 4) is 0 Å². The molecule has 2 aliphatic rings. The van der Waals surface area contributed by atoms with Crippen LogP contribution in [0, 0.1) is 17.8 Å². The number of carbonyl (C=O) groups is 4. The van der Waals surface area contributed by atoms with Crippen molar-refractivity contribution in [1.29, 1.82) is 0 Å². The van der Waals surface area contributed by atoms with E-state index < -0.39 is 59.4 Å². The molecule has 0 aromatic carbocycles. The van der Waals surface area contributed by atoms with Gasteiger partial charge >= 0.3 is 17.9 Å². The molecule has 1 N–H and O–H groups in total. The summed E-state index contributed by atoms with van der Waals surface area (Å²) in [6.07, 6.45) is -0.683. The molecule has 0 aromatic rings. The van der Waals surface area contributed by atoms with E-state index >= 15 is 0 Å². The lowest BCUT2D eigenvalue weighted by Gasteiger charge is -2.40. The predicted molar refractivity (Wildman–Crippen MR) is 110 cm³/mol. The summed E-state index contributed by atoms with van der Waals surface area (Å²) in [5.41, 5.74) is -2.19. The number of ketones is 1. The van der Waals surface area contributed by atoms with Crippen LogP contribution >= 0.6 is 0 Å². The van der Waals surface area contributed by atoms with E-state index in [1.165, 1.54) is 19.9 Å². The Morgan fingerprint density at radius 3 is 2.45 bits per heavy atom. The molecule has 2 rings (SSSR count). The summed E-state index contributed by atoms with van der Waals surface area (Å²) in [7, 11) is 0. The van der Waals surface area contributed by atoms with E-state index in [0.717, 1.165) is 0 Å². The third kappa shape index (κ3) is 5.12. The highest BCUT2D eigenvalue weighted by molar-refractivity contribution is 5.98. The number of carbonyl (C=O) groups excluding carboxylic acids is 4. The van der Waals surface area contributed by atoms with Gasteiger partial charge in [0.1, 0.15) is 6.10 Å². The van der Waals surface area contributed by atoms with Crippen LogP contribution < -0.4 is 0 Å². The first kappa shape index (κ1) is 24.5. The smallest absolute Gasteiger partial charge is 0.334 e. The fourth-order valence-electron chi connectivity index (χ4n) is 3.57. The van der Waals surface area contributed by atoms with Gasteiger partial charge in [0.25, 0.3) is 0 Å². The van der Waals surface area contributed by atoms with E-state index in [1.807, 2.05) is 6.92 Å². The maximum atomic E-state index is 12.9. The molecule has 31 heavy (non-hydrogen) atoms. The number of esters is 3. The zero-order valence-corrected chi connectivity index (χ0v) is 18.5. The normalized spacial score (nSPS) is 34.5. The van der Waals surface area contributed by atoms with Gasteiger partial charge in [-0.05, 0) is 32.3 Å². The fraction of sp³-hybridized carbons (Fsp3) is 0.565. The van der Waals surface area contributed by atoms with Crippen LogP contribution in [0.4, 0.5) is 0 Å². The zero-order valence-electron chi connectivity index (χ0n) is 18.5.